The Kier molecular flexibility index (Phi) is 4.61. The standard InChI is InChI=1S/C14H14Cl2N2O/c1-2-18-6-5-17-14(18)9-12(19)7-10-3-4-11(15)8-13(10)16/h3-6,8H,2,7,9H2,1H3. The largest absolute Gasteiger partial charge is 0.335 e. The highest BCUT2D eigenvalue weighted by molar-refractivity contribution is 6.35. The monoisotopic (exact) mass is 296 g/mol. The molecule has 0 aliphatic heterocycles. The second-order valence-corrected chi connectivity index (χ2v) is 5.10. The van der Waals surface area contributed by atoms with Crippen LogP contribution in [0.5, 0.6) is 0 Å². The number of carbonyl (C=O) groups is 1. The SMILES string of the molecule is CCn1ccnc1CC(=O)Cc1ccc(Cl)cc1Cl. The van der Waals surface area contributed by atoms with Crippen LogP contribution in [-0.4, -0.2) is 15.3 Å². The number of imidazole rings is 1. The Morgan fingerprint density at radius 1 is 1.32 bits per heavy atom. The maximum atomic E-state index is 12.0. The lowest BCUT2D eigenvalue weighted by molar-refractivity contribution is -0.117. The van der Waals surface area contributed by atoms with Gasteiger partial charge in [-0.25, -0.2) is 4.98 Å². The molecule has 0 atom stereocenters. The molecule has 1 heterocycles. The van der Waals surface area contributed by atoms with Crippen LogP contribution in [-0.2, 0) is 24.2 Å². The lowest BCUT2D eigenvalue weighted by Gasteiger charge is -2.06. The molecule has 1 aromatic carbocycles. The van der Waals surface area contributed by atoms with E-state index in [2.05, 4.69) is 4.98 Å². The summed E-state index contributed by atoms with van der Waals surface area (Å²) in [5.74, 6) is 0.878. The van der Waals surface area contributed by atoms with Gasteiger partial charge in [0.2, 0.25) is 0 Å². The number of Topliss-reactive ketones (excluding diaryl/α,β-unsaturated/α-hetero) is 1. The van der Waals surface area contributed by atoms with Gasteiger partial charge in [-0.3, -0.25) is 4.79 Å². The molecule has 2 aromatic rings. The number of aryl methyl sites for hydroxylation is 1. The van der Waals surface area contributed by atoms with E-state index >= 15 is 0 Å². The van der Waals surface area contributed by atoms with Gasteiger partial charge in [0.05, 0.1) is 6.42 Å². The summed E-state index contributed by atoms with van der Waals surface area (Å²) >= 11 is 11.9. The van der Waals surface area contributed by atoms with Gasteiger partial charge in [-0.05, 0) is 24.6 Å². The Labute approximate surface area is 122 Å². The van der Waals surface area contributed by atoms with Crippen molar-refractivity contribution < 1.29 is 4.79 Å². The van der Waals surface area contributed by atoms with Gasteiger partial charge in [0, 0.05) is 35.4 Å². The Morgan fingerprint density at radius 3 is 2.79 bits per heavy atom. The minimum absolute atomic E-state index is 0.0881. The van der Waals surface area contributed by atoms with Crippen molar-refractivity contribution in [3.05, 3.63) is 52.0 Å². The average molecular weight is 297 g/mol. The Hall–Kier alpha value is -1.32. The van der Waals surface area contributed by atoms with Gasteiger partial charge in [-0.15, -0.1) is 0 Å². The topological polar surface area (TPSA) is 34.9 Å². The summed E-state index contributed by atoms with van der Waals surface area (Å²) in [6, 6.07) is 5.18. The van der Waals surface area contributed by atoms with Gasteiger partial charge in [-0.1, -0.05) is 29.3 Å². The lowest BCUT2D eigenvalue weighted by Crippen LogP contribution is -2.11. The normalized spacial score (nSPS) is 10.7. The number of nitrogens with zero attached hydrogens (tertiary/aromatic N) is 2. The molecule has 0 radical (unpaired) electrons. The van der Waals surface area contributed by atoms with Crippen LogP contribution < -0.4 is 0 Å². The molecule has 3 nitrogen and oxygen atoms in total. The Balaban J connectivity index is 2.05. The molecule has 0 aliphatic rings. The van der Waals surface area contributed by atoms with Crippen molar-refractivity contribution in [1.29, 1.82) is 0 Å². The van der Waals surface area contributed by atoms with Gasteiger partial charge < -0.3 is 4.57 Å². The molecule has 0 spiro atoms. The fourth-order valence-corrected chi connectivity index (χ4v) is 2.39. The van der Waals surface area contributed by atoms with Crippen LogP contribution >= 0.6 is 23.2 Å². The fraction of sp³-hybridized carbons (Fsp3) is 0.286. The molecular weight excluding hydrogens is 283 g/mol. The van der Waals surface area contributed by atoms with Crippen LogP contribution in [0.1, 0.15) is 18.3 Å². The molecule has 0 bridgehead atoms. The van der Waals surface area contributed by atoms with Crippen LogP contribution in [0.3, 0.4) is 0 Å². The highest BCUT2D eigenvalue weighted by atomic mass is 35.5. The van der Waals surface area contributed by atoms with E-state index in [1.807, 2.05) is 17.7 Å². The molecule has 19 heavy (non-hydrogen) atoms. The summed E-state index contributed by atoms with van der Waals surface area (Å²) in [4.78, 5) is 16.2. The van der Waals surface area contributed by atoms with Crippen molar-refractivity contribution >= 4 is 29.0 Å². The summed E-state index contributed by atoms with van der Waals surface area (Å²) in [6.07, 6.45) is 4.20. The number of aromatic nitrogens is 2. The molecule has 0 saturated carbocycles. The third kappa shape index (κ3) is 3.58. The molecule has 0 fully saturated rings. The maximum absolute atomic E-state index is 12.0. The number of ketones is 1. The molecule has 2 rings (SSSR count). The zero-order chi connectivity index (χ0) is 13.8. The number of benzene rings is 1. The molecule has 1 aromatic heterocycles. The fourth-order valence-electron chi connectivity index (χ4n) is 1.91. The predicted octanol–water partition coefficient (Wildman–Crippen LogP) is 3.56. The summed E-state index contributed by atoms with van der Waals surface area (Å²) < 4.78 is 1.96. The number of carbonyl (C=O) groups excluding carboxylic acids is 1. The smallest absolute Gasteiger partial charge is 0.144 e. The van der Waals surface area contributed by atoms with Crippen LogP contribution in [0.25, 0.3) is 0 Å². The summed E-state index contributed by atoms with van der Waals surface area (Å²) in [5, 5.41) is 1.10. The van der Waals surface area contributed by atoms with Crippen molar-refractivity contribution in [2.75, 3.05) is 0 Å². The van der Waals surface area contributed by atoms with E-state index in [-0.39, 0.29) is 5.78 Å². The van der Waals surface area contributed by atoms with Crippen LogP contribution in [0, 0.1) is 0 Å². The number of hydrogen-bond donors (Lipinski definition) is 0. The highest BCUT2D eigenvalue weighted by Crippen LogP contribution is 2.21. The number of rotatable bonds is 5. The van der Waals surface area contributed by atoms with E-state index in [9.17, 15) is 4.79 Å². The van der Waals surface area contributed by atoms with Crippen LogP contribution in [0.2, 0.25) is 10.0 Å². The predicted molar refractivity (Wildman–Crippen MR) is 76.8 cm³/mol. The number of hydrogen-bond acceptors (Lipinski definition) is 2. The second-order valence-electron chi connectivity index (χ2n) is 4.26. The first-order chi connectivity index (χ1) is 9.10. The van der Waals surface area contributed by atoms with Gasteiger partial charge in [-0.2, -0.15) is 0 Å². The second kappa shape index (κ2) is 6.22. The molecule has 0 saturated heterocycles. The van der Waals surface area contributed by atoms with Crippen molar-refractivity contribution in [2.24, 2.45) is 0 Å². The van der Waals surface area contributed by atoms with E-state index in [1.165, 1.54) is 0 Å². The summed E-state index contributed by atoms with van der Waals surface area (Å²) in [5.41, 5.74) is 0.797. The van der Waals surface area contributed by atoms with E-state index in [0.717, 1.165) is 17.9 Å². The Morgan fingerprint density at radius 2 is 2.11 bits per heavy atom. The average Bonchev–Trinajstić information content (AvgIpc) is 2.80. The molecular formula is C14H14Cl2N2O. The summed E-state index contributed by atoms with van der Waals surface area (Å²) in [6.45, 7) is 2.83. The first kappa shape index (κ1) is 14.1. The third-order valence-corrected chi connectivity index (χ3v) is 3.49. The maximum Gasteiger partial charge on any atom is 0.144 e. The van der Waals surface area contributed by atoms with Crippen molar-refractivity contribution in [1.82, 2.24) is 9.55 Å². The lowest BCUT2D eigenvalue weighted by atomic mass is 10.1. The van der Waals surface area contributed by atoms with Crippen LogP contribution in [0.15, 0.2) is 30.6 Å². The quantitative estimate of drug-likeness (QED) is 0.845. The van der Waals surface area contributed by atoms with Crippen LogP contribution in [0.4, 0.5) is 0 Å². The molecule has 0 N–H and O–H groups in total. The van der Waals surface area contributed by atoms with Gasteiger partial charge >= 0.3 is 0 Å². The first-order valence-corrected chi connectivity index (χ1v) is 6.81. The van der Waals surface area contributed by atoms with E-state index in [0.29, 0.717) is 22.9 Å². The van der Waals surface area contributed by atoms with Gasteiger partial charge in [0.1, 0.15) is 11.6 Å². The van der Waals surface area contributed by atoms with E-state index < -0.39 is 0 Å². The zero-order valence-electron chi connectivity index (χ0n) is 10.6. The molecule has 0 amide bonds. The van der Waals surface area contributed by atoms with Crippen molar-refractivity contribution in [3.63, 3.8) is 0 Å². The van der Waals surface area contributed by atoms with Crippen molar-refractivity contribution in [2.45, 2.75) is 26.3 Å². The third-order valence-electron chi connectivity index (χ3n) is 2.90. The molecule has 5 heteroatoms. The molecule has 100 valence electrons. The van der Waals surface area contributed by atoms with Gasteiger partial charge in [0.15, 0.2) is 0 Å². The van der Waals surface area contributed by atoms with Gasteiger partial charge in [0.25, 0.3) is 0 Å². The summed E-state index contributed by atoms with van der Waals surface area (Å²) in [7, 11) is 0. The van der Waals surface area contributed by atoms with Crippen molar-refractivity contribution in [3.8, 4) is 0 Å². The van der Waals surface area contributed by atoms with E-state index in [4.69, 9.17) is 23.2 Å². The molecule has 0 aliphatic carbocycles. The minimum atomic E-state index is 0.0881. The molecule has 0 unspecified atom stereocenters. The first-order valence-electron chi connectivity index (χ1n) is 6.05. The zero-order valence-corrected chi connectivity index (χ0v) is 12.1. The Bertz CT molecular complexity index is 593. The minimum Gasteiger partial charge on any atom is -0.335 e. The van der Waals surface area contributed by atoms with E-state index in [1.54, 1.807) is 24.4 Å². The highest BCUT2D eigenvalue weighted by Gasteiger charge is 2.11. The number of halogens is 2.